The van der Waals surface area contributed by atoms with Gasteiger partial charge in [0.15, 0.2) is 5.82 Å². The first-order chi connectivity index (χ1) is 16.9. The Balaban J connectivity index is 1.95. The van der Waals surface area contributed by atoms with Crippen molar-refractivity contribution in [3.8, 4) is 0 Å². The van der Waals surface area contributed by atoms with E-state index in [9.17, 15) is 9.59 Å². The second-order valence-electron chi connectivity index (χ2n) is 8.30. The van der Waals surface area contributed by atoms with Crippen LogP contribution in [-0.4, -0.2) is 36.6 Å². The molecule has 35 heavy (non-hydrogen) atoms. The Bertz CT molecular complexity index is 1210. The van der Waals surface area contributed by atoms with Crippen LogP contribution in [0.3, 0.4) is 0 Å². The fourth-order valence-electron chi connectivity index (χ4n) is 3.74. The van der Waals surface area contributed by atoms with Crippen molar-refractivity contribution in [3.05, 3.63) is 95.4 Å². The van der Waals surface area contributed by atoms with Gasteiger partial charge >= 0.3 is 0 Å². The minimum atomic E-state index is -0.305. The Morgan fingerprint density at radius 1 is 1.23 bits per heavy atom. The standard InChI is InChI=1S/C28H32N4O3/c1-6-10-24(18(3)7-2)31-26-25(15-21(16-29-26)27(33)30-19(4)17-35-5)32-28(34)23-14-13-20-11-8-9-12-22(20)23/h6-12,14-16,19H,1,13,17H2,2-5H3,(H,29,31)(H,30,33)(H,32,34)/b18-7-,24-10+. The van der Waals surface area contributed by atoms with Crippen molar-refractivity contribution in [2.45, 2.75) is 33.2 Å². The summed E-state index contributed by atoms with van der Waals surface area (Å²) in [5.41, 5.74) is 5.09. The first-order valence-corrected chi connectivity index (χ1v) is 11.5. The Kier molecular flexibility index (Phi) is 8.75. The Morgan fingerprint density at radius 2 is 2.00 bits per heavy atom. The predicted octanol–water partition coefficient (Wildman–Crippen LogP) is 4.87. The smallest absolute Gasteiger partial charge is 0.256 e. The zero-order valence-corrected chi connectivity index (χ0v) is 20.6. The van der Waals surface area contributed by atoms with Crippen LogP contribution in [0.5, 0.6) is 0 Å². The van der Waals surface area contributed by atoms with Gasteiger partial charge < -0.3 is 20.7 Å². The molecule has 0 radical (unpaired) electrons. The number of hydrogen-bond acceptors (Lipinski definition) is 5. The molecule has 1 aliphatic rings. The van der Waals surface area contributed by atoms with E-state index in [1.807, 2.05) is 63.3 Å². The number of allylic oxidation sites excluding steroid dienone is 5. The molecule has 0 bridgehead atoms. The van der Waals surface area contributed by atoms with Crippen molar-refractivity contribution in [1.82, 2.24) is 10.3 Å². The molecule has 2 aromatic rings. The SMILES string of the molecule is C=C/C=C(Nc1ncc(C(=O)NC(C)COC)cc1NC(=O)C1=CCc2ccccc21)\C(C)=C/C. The molecule has 0 saturated carbocycles. The van der Waals surface area contributed by atoms with Crippen LogP contribution in [-0.2, 0) is 16.0 Å². The molecule has 182 valence electrons. The number of carbonyl (C=O) groups excluding carboxylic acids is 2. The number of nitrogens with zero attached hydrogens (tertiary/aromatic N) is 1. The highest BCUT2D eigenvalue weighted by molar-refractivity contribution is 6.27. The molecule has 2 amide bonds. The van der Waals surface area contributed by atoms with Gasteiger partial charge in [0.1, 0.15) is 0 Å². The fraction of sp³-hybridized carbons (Fsp3) is 0.250. The van der Waals surface area contributed by atoms with E-state index in [-0.39, 0.29) is 17.9 Å². The number of nitrogens with one attached hydrogen (secondary N) is 3. The van der Waals surface area contributed by atoms with Gasteiger partial charge in [-0.15, -0.1) is 0 Å². The van der Waals surface area contributed by atoms with Gasteiger partial charge in [-0.2, -0.15) is 0 Å². The largest absolute Gasteiger partial charge is 0.383 e. The molecule has 1 aromatic heterocycles. The normalized spacial score (nSPS) is 14.0. The van der Waals surface area contributed by atoms with Crippen molar-refractivity contribution in [2.75, 3.05) is 24.4 Å². The molecular weight excluding hydrogens is 440 g/mol. The Labute approximate surface area is 206 Å². The molecule has 0 spiro atoms. The summed E-state index contributed by atoms with van der Waals surface area (Å²) in [6, 6.07) is 9.27. The number of hydrogen-bond donors (Lipinski definition) is 3. The van der Waals surface area contributed by atoms with Gasteiger partial charge in [0.2, 0.25) is 0 Å². The number of carbonyl (C=O) groups is 2. The number of rotatable bonds is 10. The molecule has 1 unspecified atom stereocenters. The molecular formula is C28H32N4O3. The lowest BCUT2D eigenvalue weighted by atomic mass is 10.1. The summed E-state index contributed by atoms with van der Waals surface area (Å²) in [6.07, 6.45) is 9.55. The molecule has 0 aliphatic heterocycles. The number of pyridine rings is 1. The third-order valence-electron chi connectivity index (χ3n) is 5.67. The van der Waals surface area contributed by atoms with Gasteiger partial charge in [0.25, 0.3) is 11.8 Å². The lowest BCUT2D eigenvalue weighted by Gasteiger charge is -2.17. The zero-order valence-electron chi connectivity index (χ0n) is 20.6. The average molecular weight is 473 g/mol. The molecule has 7 nitrogen and oxygen atoms in total. The van der Waals surface area contributed by atoms with Crippen LogP contribution in [0.1, 0.15) is 42.3 Å². The quantitative estimate of drug-likeness (QED) is 0.429. The lowest BCUT2D eigenvalue weighted by Crippen LogP contribution is -2.35. The number of ether oxygens (including phenoxy) is 1. The molecule has 1 aromatic carbocycles. The summed E-state index contributed by atoms with van der Waals surface area (Å²) in [4.78, 5) is 30.6. The monoisotopic (exact) mass is 472 g/mol. The Hall–Kier alpha value is -3.97. The summed E-state index contributed by atoms with van der Waals surface area (Å²) in [5.74, 6) is -0.149. The van der Waals surface area contributed by atoms with Crippen molar-refractivity contribution in [3.63, 3.8) is 0 Å². The van der Waals surface area contributed by atoms with Gasteiger partial charge in [-0.1, -0.05) is 49.1 Å². The number of fused-ring (bicyclic) bond motifs is 1. The maximum absolute atomic E-state index is 13.3. The topological polar surface area (TPSA) is 92.3 Å². The summed E-state index contributed by atoms with van der Waals surface area (Å²) < 4.78 is 5.10. The molecule has 1 aliphatic carbocycles. The van der Waals surface area contributed by atoms with Gasteiger partial charge in [-0.3, -0.25) is 9.59 Å². The van der Waals surface area contributed by atoms with Gasteiger partial charge in [0, 0.05) is 30.6 Å². The maximum Gasteiger partial charge on any atom is 0.256 e. The van der Waals surface area contributed by atoms with Crippen LogP contribution in [0.2, 0.25) is 0 Å². The van der Waals surface area contributed by atoms with E-state index < -0.39 is 0 Å². The van der Waals surface area contributed by atoms with Crippen LogP contribution < -0.4 is 16.0 Å². The molecule has 7 heteroatoms. The predicted molar refractivity (Wildman–Crippen MR) is 141 cm³/mol. The van der Waals surface area contributed by atoms with E-state index in [1.165, 1.54) is 6.20 Å². The number of methoxy groups -OCH3 is 1. The first kappa shape index (κ1) is 25.6. The van der Waals surface area contributed by atoms with Crippen LogP contribution in [0, 0.1) is 0 Å². The third kappa shape index (κ3) is 6.33. The number of benzene rings is 1. The van der Waals surface area contributed by atoms with Gasteiger partial charge in [0.05, 0.1) is 17.9 Å². The highest BCUT2D eigenvalue weighted by atomic mass is 16.5. The first-order valence-electron chi connectivity index (χ1n) is 11.5. The molecule has 1 heterocycles. The number of aromatic nitrogens is 1. The van der Waals surface area contributed by atoms with Crippen molar-refractivity contribution < 1.29 is 14.3 Å². The molecule has 3 N–H and O–H groups in total. The van der Waals surface area contributed by atoms with Gasteiger partial charge in [-0.25, -0.2) is 4.98 Å². The fourth-order valence-corrected chi connectivity index (χ4v) is 3.74. The highest BCUT2D eigenvalue weighted by Gasteiger charge is 2.22. The van der Waals surface area contributed by atoms with Crippen molar-refractivity contribution in [1.29, 1.82) is 0 Å². The highest BCUT2D eigenvalue weighted by Crippen LogP contribution is 2.30. The minimum absolute atomic E-state index is 0.178. The lowest BCUT2D eigenvalue weighted by molar-refractivity contribution is -0.111. The summed E-state index contributed by atoms with van der Waals surface area (Å²) in [6.45, 7) is 9.90. The van der Waals surface area contributed by atoms with Crippen LogP contribution in [0.15, 0.2) is 78.7 Å². The minimum Gasteiger partial charge on any atom is -0.383 e. The van der Waals surface area contributed by atoms with E-state index in [4.69, 9.17) is 4.74 Å². The van der Waals surface area contributed by atoms with E-state index in [0.29, 0.717) is 35.7 Å². The zero-order chi connectivity index (χ0) is 25.4. The summed E-state index contributed by atoms with van der Waals surface area (Å²) >= 11 is 0. The maximum atomic E-state index is 13.3. The molecule has 0 fully saturated rings. The van der Waals surface area contributed by atoms with E-state index >= 15 is 0 Å². The van der Waals surface area contributed by atoms with Crippen LogP contribution in [0.4, 0.5) is 11.5 Å². The average Bonchev–Trinajstić information content (AvgIpc) is 3.28. The van der Waals surface area contributed by atoms with E-state index in [0.717, 1.165) is 22.4 Å². The van der Waals surface area contributed by atoms with Crippen LogP contribution in [0.25, 0.3) is 5.57 Å². The van der Waals surface area contributed by atoms with Crippen LogP contribution >= 0.6 is 0 Å². The molecule has 0 saturated heterocycles. The summed E-state index contributed by atoms with van der Waals surface area (Å²) in [5, 5.41) is 9.10. The van der Waals surface area contributed by atoms with Crippen molar-refractivity contribution >= 4 is 28.9 Å². The van der Waals surface area contributed by atoms with Crippen molar-refractivity contribution in [2.24, 2.45) is 0 Å². The molecule has 3 rings (SSSR count). The third-order valence-corrected chi connectivity index (χ3v) is 5.67. The molecule has 1 atom stereocenters. The summed E-state index contributed by atoms with van der Waals surface area (Å²) in [7, 11) is 1.58. The van der Waals surface area contributed by atoms with E-state index in [2.05, 4.69) is 27.5 Å². The van der Waals surface area contributed by atoms with E-state index in [1.54, 1.807) is 19.3 Å². The van der Waals surface area contributed by atoms with Gasteiger partial charge in [-0.05, 0) is 56.0 Å². The second-order valence-corrected chi connectivity index (χ2v) is 8.30. The Morgan fingerprint density at radius 3 is 2.71 bits per heavy atom. The second kappa shape index (κ2) is 11.9. The number of anilines is 2. The number of amides is 2.